The Bertz CT molecular complexity index is 695. The summed E-state index contributed by atoms with van der Waals surface area (Å²) in [4.78, 5) is 2.40. The SMILES string of the molecule is C#CC(O)(c1ccccc1)c1ccc(N2CCCC2)c(C)c1. The highest BCUT2D eigenvalue weighted by molar-refractivity contribution is 5.57. The third kappa shape index (κ3) is 2.49. The molecule has 0 aromatic heterocycles. The summed E-state index contributed by atoms with van der Waals surface area (Å²) in [5.74, 6) is 2.57. The van der Waals surface area contributed by atoms with E-state index in [1.54, 1.807) is 0 Å². The Labute approximate surface area is 132 Å². The van der Waals surface area contributed by atoms with Gasteiger partial charge in [-0.15, -0.1) is 6.42 Å². The molecule has 1 N–H and O–H groups in total. The zero-order valence-corrected chi connectivity index (χ0v) is 12.9. The zero-order chi connectivity index (χ0) is 15.6. The lowest BCUT2D eigenvalue weighted by atomic mass is 9.86. The van der Waals surface area contributed by atoms with E-state index in [1.165, 1.54) is 18.5 Å². The lowest BCUT2D eigenvalue weighted by Gasteiger charge is -2.26. The van der Waals surface area contributed by atoms with Gasteiger partial charge in [-0.1, -0.05) is 42.3 Å². The molecule has 2 nitrogen and oxygen atoms in total. The van der Waals surface area contributed by atoms with Gasteiger partial charge in [-0.3, -0.25) is 0 Å². The molecule has 0 amide bonds. The van der Waals surface area contributed by atoms with Gasteiger partial charge in [0.2, 0.25) is 0 Å². The van der Waals surface area contributed by atoms with Crippen molar-refractivity contribution < 1.29 is 5.11 Å². The molecule has 0 radical (unpaired) electrons. The van der Waals surface area contributed by atoms with Crippen LogP contribution in [0.25, 0.3) is 0 Å². The molecule has 1 heterocycles. The van der Waals surface area contributed by atoms with E-state index in [-0.39, 0.29) is 0 Å². The lowest BCUT2D eigenvalue weighted by Crippen LogP contribution is -2.26. The number of hydrogen-bond acceptors (Lipinski definition) is 2. The van der Waals surface area contributed by atoms with E-state index in [2.05, 4.69) is 23.8 Å². The molecule has 1 aliphatic heterocycles. The quantitative estimate of drug-likeness (QED) is 0.875. The Hall–Kier alpha value is -2.24. The van der Waals surface area contributed by atoms with Crippen molar-refractivity contribution in [1.29, 1.82) is 0 Å². The fourth-order valence-corrected chi connectivity index (χ4v) is 3.21. The van der Waals surface area contributed by atoms with Crippen LogP contribution in [0.5, 0.6) is 0 Å². The summed E-state index contributed by atoms with van der Waals surface area (Å²) in [6, 6.07) is 15.5. The maximum atomic E-state index is 11.0. The molecule has 22 heavy (non-hydrogen) atoms. The maximum absolute atomic E-state index is 11.0. The summed E-state index contributed by atoms with van der Waals surface area (Å²) in [5.41, 5.74) is 2.50. The predicted molar refractivity (Wildman–Crippen MR) is 90.9 cm³/mol. The Balaban J connectivity index is 2.00. The molecule has 2 aromatic rings. The number of rotatable bonds is 3. The third-order valence-electron chi connectivity index (χ3n) is 4.46. The Morgan fingerprint density at radius 2 is 1.73 bits per heavy atom. The average Bonchev–Trinajstić information content (AvgIpc) is 3.09. The van der Waals surface area contributed by atoms with Crippen LogP contribution in [0, 0.1) is 19.3 Å². The number of nitrogens with zero attached hydrogens (tertiary/aromatic N) is 1. The highest BCUT2D eigenvalue weighted by atomic mass is 16.3. The Kier molecular flexibility index (Phi) is 3.92. The number of benzene rings is 2. The van der Waals surface area contributed by atoms with Crippen LogP contribution in [0.3, 0.4) is 0 Å². The summed E-state index contributed by atoms with van der Waals surface area (Å²) >= 11 is 0. The van der Waals surface area contributed by atoms with Crippen molar-refractivity contribution >= 4 is 5.69 Å². The first-order valence-corrected chi connectivity index (χ1v) is 7.77. The van der Waals surface area contributed by atoms with Gasteiger partial charge in [-0.25, -0.2) is 0 Å². The van der Waals surface area contributed by atoms with Crippen molar-refractivity contribution in [3.05, 3.63) is 65.2 Å². The molecule has 0 bridgehead atoms. The average molecular weight is 291 g/mol. The first-order valence-electron chi connectivity index (χ1n) is 7.77. The fourth-order valence-electron chi connectivity index (χ4n) is 3.21. The van der Waals surface area contributed by atoms with Gasteiger partial charge >= 0.3 is 0 Å². The molecule has 2 aromatic carbocycles. The maximum Gasteiger partial charge on any atom is 0.176 e. The molecule has 3 rings (SSSR count). The van der Waals surface area contributed by atoms with Crippen molar-refractivity contribution in [2.45, 2.75) is 25.4 Å². The Morgan fingerprint density at radius 3 is 2.32 bits per heavy atom. The van der Waals surface area contributed by atoms with Gasteiger partial charge in [0, 0.05) is 29.9 Å². The molecule has 1 aliphatic rings. The van der Waals surface area contributed by atoms with Crippen LogP contribution in [0.2, 0.25) is 0 Å². The molecule has 1 saturated heterocycles. The molecule has 0 saturated carbocycles. The largest absolute Gasteiger partial charge is 0.371 e. The van der Waals surface area contributed by atoms with Crippen LogP contribution in [-0.4, -0.2) is 18.2 Å². The van der Waals surface area contributed by atoms with Gasteiger partial charge < -0.3 is 10.0 Å². The van der Waals surface area contributed by atoms with Gasteiger partial charge in [0.1, 0.15) is 0 Å². The van der Waals surface area contributed by atoms with Gasteiger partial charge in [0.15, 0.2) is 5.60 Å². The van der Waals surface area contributed by atoms with Crippen molar-refractivity contribution in [2.75, 3.05) is 18.0 Å². The fraction of sp³-hybridized carbons (Fsp3) is 0.300. The van der Waals surface area contributed by atoms with E-state index < -0.39 is 5.60 Å². The number of aryl methyl sites for hydroxylation is 1. The van der Waals surface area contributed by atoms with Crippen LogP contribution in [-0.2, 0) is 5.60 Å². The first-order chi connectivity index (χ1) is 10.6. The van der Waals surface area contributed by atoms with Crippen molar-refractivity contribution in [3.63, 3.8) is 0 Å². The summed E-state index contributed by atoms with van der Waals surface area (Å²) in [6.45, 7) is 4.30. The summed E-state index contributed by atoms with van der Waals surface area (Å²) in [6.07, 6.45) is 8.17. The Morgan fingerprint density at radius 1 is 1.05 bits per heavy atom. The molecule has 1 fully saturated rings. The second-order valence-electron chi connectivity index (χ2n) is 5.92. The van der Waals surface area contributed by atoms with E-state index in [0.29, 0.717) is 0 Å². The van der Waals surface area contributed by atoms with E-state index >= 15 is 0 Å². The van der Waals surface area contributed by atoms with Crippen molar-refractivity contribution in [3.8, 4) is 12.3 Å². The monoisotopic (exact) mass is 291 g/mol. The third-order valence-corrected chi connectivity index (χ3v) is 4.46. The number of terminal acetylenes is 1. The minimum absolute atomic E-state index is 0.728. The van der Waals surface area contributed by atoms with Gasteiger partial charge in [0.05, 0.1) is 0 Å². The second kappa shape index (κ2) is 5.87. The molecule has 112 valence electrons. The van der Waals surface area contributed by atoms with E-state index in [4.69, 9.17) is 6.42 Å². The molecule has 2 heteroatoms. The molecule has 0 spiro atoms. The van der Waals surface area contributed by atoms with Crippen molar-refractivity contribution in [1.82, 2.24) is 0 Å². The van der Waals surface area contributed by atoms with Crippen molar-refractivity contribution in [2.24, 2.45) is 0 Å². The standard InChI is InChI=1S/C20H21NO/c1-3-20(22,17-9-5-4-6-10-17)18-11-12-19(16(2)15-18)21-13-7-8-14-21/h1,4-6,9-12,15,22H,7-8,13-14H2,2H3. The minimum atomic E-state index is -1.38. The first kappa shape index (κ1) is 14.7. The normalized spacial score (nSPS) is 17.0. The predicted octanol–water partition coefficient (Wildman–Crippen LogP) is 3.46. The highest BCUT2D eigenvalue weighted by Crippen LogP contribution is 2.33. The van der Waals surface area contributed by atoms with Crippen LogP contribution < -0.4 is 4.90 Å². The summed E-state index contributed by atoms with van der Waals surface area (Å²) < 4.78 is 0. The number of aliphatic hydroxyl groups is 1. The van der Waals surface area contributed by atoms with Crippen LogP contribution in [0.15, 0.2) is 48.5 Å². The molecule has 1 unspecified atom stereocenters. The number of anilines is 1. The van der Waals surface area contributed by atoms with Gasteiger partial charge in [-0.2, -0.15) is 0 Å². The van der Waals surface area contributed by atoms with Crippen LogP contribution >= 0.6 is 0 Å². The van der Waals surface area contributed by atoms with E-state index in [1.807, 2.05) is 42.5 Å². The van der Waals surface area contributed by atoms with Gasteiger partial charge in [-0.05, 0) is 37.5 Å². The van der Waals surface area contributed by atoms with Crippen LogP contribution in [0.4, 0.5) is 5.69 Å². The van der Waals surface area contributed by atoms with E-state index in [0.717, 1.165) is 29.8 Å². The molecular formula is C20H21NO. The van der Waals surface area contributed by atoms with Crippen LogP contribution in [0.1, 0.15) is 29.5 Å². The summed E-state index contributed by atoms with van der Waals surface area (Å²) in [5, 5.41) is 11.0. The lowest BCUT2D eigenvalue weighted by molar-refractivity contribution is 0.145. The molecular weight excluding hydrogens is 270 g/mol. The van der Waals surface area contributed by atoms with Gasteiger partial charge in [0.25, 0.3) is 0 Å². The molecule has 0 aliphatic carbocycles. The molecule has 1 atom stereocenters. The summed E-state index contributed by atoms with van der Waals surface area (Å²) in [7, 11) is 0. The topological polar surface area (TPSA) is 23.5 Å². The second-order valence-corrected chi connectivity index (χ2v) is 5.92. The minimum Gasteiger partial charge on any atom is -0.371 e. The highest BCUT2D eigenvalue weighted by Gasteiger charge is 2.29. The van der Waals surface area contributed by atoms with E-state index in [9.17, 15) is 5.11 Å². The zero-order valence-electron chi connectivity index (χ0n) is 12.9. The number of hydrogen-bond donors (Lipinski definition) is 1. The smallest absolute Gasteiger partial charge is 0.176 e.